The van der Waals surface area contributed by atoms with Crippen molar-refractivity contribution in [3.63, 3.8) is 0 Å². The van der Waals surface area contributed by atoms with Gasteiger partial charge in [-0.05, 0) is 37.3 Å². The quantitative estimate of drug-likeness (QED) is 0.635. The Morgan fingerprint density at radius 1 is 1.25 bits per heavy atom. The minimum Gasteiger partial charge on any atom is -0.496 e. The van der Waals surface area contributed by atoms with Crippen molar-refractivity contribution < 1.29 is 4.74 Å². The first-order valence-electron chi connectivity index (χ1n) is 7.77. The van der Waals surface area contributed by atoms with Crippen molar-refractivity contribution in [1.82, 2.24) is 5.43 Å². The fourth-order valence-corrected chi connectivity index (χ4v) is 3.40. The van der Waals surface area contributed by atoms with Crippen LogP contribution in [0, 0.1) is 19.8 Å². The number of hydrogen-bond donors (Lipinski definition) is 2. The number of aryl methyl sites for hydroxylation is 1. The Kier molecular flexibility index (Phi) is 5.44. The summed E-state index contributed by atoms with van der Waals surface area (Å²) in [6.45, 7) is 4.24. The molecule has 1 saturated carbocycles. The molecule has 0 bridgehead atoms. The van der Waals surface area contributed by atoms with E-state index in [2.05, 4.69) is 31.4 Å². The molecule has 3 N–H and O–H groups in total. The number of methoxy groups -OCH3 is 1. The number of rotatable bonds is 5. The minimum atomic E-state index is 0.187. The Labute approximate surface area is 122 Å². The van der Waals surface area contributed by atoms with E-state index in [9.17, 15) is 0 Å². The molecule has 1 aliphatic carbocycles. The molecule has 1 fully saturated rings. The van der Waals surface area contributed by atoms with Crippen LogP contribution in [0.2, 0.25) is 0 Å². The first kappa shape index (κ1) is 15.3. The predicted molar refractivity (Wildman–Crippen MR) is 83.7 cm³/mol. The number of hydrogen-bond acceptors (Lipinski definition) is 3. The molecule has 0 radical (unpaired) electrons. The van der Waals surface area contributed by atoms with Crippen molar-refractivity contribution in [2.75, 3.05) is 7.11 Å². The maximum Gasteiger partial charge on any atom is 0.126 e. The van der Waals surface area contributed by atoms with E-state index in [1.165, 1.54) is 48.8 Å². The summed E-state index contributed by atoms with van der Waals surface area (Å²) in [4.78, 5) is 0. The van der Waals surface area contributed by atoms with Gasteiger partial charge in [0.1, 0.15) is 5.75 Å². The van der Waals surface area contributed by atoms with Gasteiger partial charge in [-0.15, -0.1) is 0 Å². The number of hydrazine groups is 1. The molecular formula is C17H28N2O. The Morgan fingerprint density at radius 2 is 1.95 bits per heavy atom. The van der Waals surface area contributed by atoms with Gasteiger partial charge in [-0.1, -0.05) is 44.2 Å². The summed E-state index contributed by atoms with van der Waals surface area (Å²) in [6.07, 6.45) is 7.91. The van der Waals surface area contributed by atoms with E-state index in [0.29, 0.717) is 0 Å². The van der Waals surface area contributed by atoms with Crippen molar-refractivity contribution >= 4 is 0 Å². The smallest absolute Gasteiger partial charge is 0.126 e. The van der Waals surface area contributed by atoms with Gasteiger partial charge in [-0.2, -0.15) is 0 Å². The molecule has 1 aromatic rings. The van der Waals surface area contributed by atoms with E-state index in [1.807, 2.05) is 0 Å². The van der Waals surface area contributed by atoms with Gasteiger partial charge < -0.3 is 4.74 Å². The lowest BCUT2D eigenvalue weighted by Gasteiger charge is -2.28. The third kappa shape index (κ3) is 3.33. The molecule has 0 amide bonds. The highest BCUT2D eigenvalue weighted by Gasteiger charge is 2.22. The summed E-state index contributed by atoms with van der Waals surface area (Å²) in [7, 11) is 1.75. The highest BCUT2D eigenvalue weighted by Crippen LogP contribution is 2.36. The van der Waals surface area contributed by atoms with E-state index >= 15 is 0 Å². The SMILES string of the molecule is COc1c(C(CC2CCCCC2)NN)ccc(C)c1C. The van der Waals surface area contributed by atoms with Crippen molar-refractivity contribution in [2.45, 2.75) is 58.4 Å². The van der Waals surface area contributed by atoms with Gasteiger partial charge >= 0.3 is 0 Å². The Bertz CT molecular complexity index is 439. The maximum atomic E-state index is 5.83. The molecule has 0 aromatic heterocycles. The molecule has 0 spiro atoms. The topological polar surface area (TPSA) is 47.3 Å². The molecule has 0 aliphatic heterocycles. The van der Waals surface area contributed by atoms with Crippen molar-refractivity contribution in [2.24, 2.45) is 11.8 Å². The summed E-state index contributed by atoms with van der Waals surface area (Å²) >= 11 is 0. The average molecular weight is 276 g/mol. The van der Waals surface area contributed by atoms with Crippen LogP contribution in [0.5, 0.6) is 5.75 Å². The predicted octanol–water partition coefficient (Wildman–Crippen LogP) is 3.79. The van der Waals surface area contributed by atoms with Crippen molar-refractivity contribution in [3.05, 3.63) is 28.8 Å². The average Bonchev–Trinajstić information content (AvgIpc) is 2.48. The first-order valence-corrected chi connectivity index (χ1v) is 7.77. The van der Waals surface area contributed by atoms with Crippen LogP contribution in [-0.2, 0) is 0 Å². The van der Waals surface area contributed by atoms with Gasteiger partial charge in [0.15, 0.2) is 0 Å². The maximum absolute atomic E-state index is 5.83. The van der Waals surface area contributed by atoms with Crippen LogP contribution in [-0.4, -0.2) is 7.11 Å². The minimum absolute atomic E-state index is 0.187. The third-order valence-electron chi connectivity index (χ3n) is 4.78. The molecule has 3 nitrogen and oxygen atoms in total. The molecule has 0 heterocycles. The lowest BCUT2D eigenvalue weighted by molar-refractivity contribution is 0.296. The van der Waals surface area contributed by atoms with Crippen LogP contribution < -0.4 is 16.0 Å². The molecule has 112 valence electrons. The van der Waals surface area contributed by atoms with Gasteiger partial charge in [-0.25, -0.2) is 0 Å². The van der Waals surface area contributed by atoms with E-state index in [0.717, 1.165) is 18.1 Å². The largest absolute Gasteiger partial charge is 0.496 e. The molecule has 0 saturated heterocycles. The number of nitrogens with two attached hydrogens (primary N) is 1. The highest BCUT2D eigenvalue weighted by atomic mass is 16.5. The summed E-state index contributed by atoms with van der Waals surface area (Å²) in [5.74, 6) is 7.61. The summed E-state index contributed by atoms with van der Waals surface area (Å²) < 4.78 is 5.63. The monoisotopic (exact) mass is 276 g/mol. The normalized spacial score (nSPS) is 18.0. The molecule has 2 rings (SSSR count). The molecule has 1 aromatic carbocycles. The molecule has 3 heteroatoms. The van der Waals surface area contributed by atoms with Gasteiger partial charge in [-0.3, -0.25) is 11.3 Å². The van der Waals surface area contributed by atoms with Crippen molar-refractivity contribution in [1.29, 1.82) is 0 Å². The zero-order valence-corrected chi connectivity index (χ0v) is 13.0. The van der Waals surface area contributed by atoms with E-state index < -0.39 is 0 Å². The number of ether oxygens (including phenoxy) is 1. The fourth-order valence-electron chi connectivity index (χ4n) is 3.40. The molecular weight excluding hydrogens is 248 g/mol. The van der Waals surface area contributed by atoms with Gasteiger partial charge in [0.2, 0.25) is 0 Å². The van der Waals surface area contributed by atoms with Crippen LogP contribution in [0.3, 0.4) is 0 Å². The standard InChI is InChI=1S/C17H28N2O/c1-12-9-10-15(17(20-3)13(12)2)16(19-18)11-14-7-5-4-6-8-14/h9-10,14,16,19H,4-8,11,18H2,1-3H3. The zero-order valence-electron chi connectivity index (χ0n) is 13.0. The lowest BCUT2D eigenvalue weighted by Crippen LogP contribution is -2.30. The number of benzene rings is 1. The second kappa shape index (κ2) is 7.09. The van der Waals surface area contributed by atoms with E-state index in [4.69, 9.17) is 10.6 Å². The first-order chi connectivity index (χ1) is 9.67. The zero-order chi connectivity index (χ0) is 14.5. The highest BCUT2D eigenvalue weighted by molar-refractivity contribution is 5.46. The number of nitrogens with one attached hydrogen (secondary N) is 1. The van der Waals surface area contributed by atoms with Crippen LogP contribution in [0.4, 0.5) is 0 Å². The van der Waals surface area contributed by atoms with Crippen LogP contribution in [0.25, 0.3) is 0 Å². The van der Waals surface area contributed by atoms with E-state index in [1.54, 1.807) is 7.11 Å². The van der Waals surface area contributed by atoms with E-state index in [-0.39, 0.29) is 6.04 Å². The summed E-state index contributed by atoms with van der Waals surface area (Å²) in [5, 5.41) is 0. The third-order valence-corrected chi connectivity index (χ3v) is 4.78. The van der Waals surface area contributed by atoms with Crippen LogP contribution in [0.1, 0.15) is 61.3 Å². The molecule has 20 heavy (non-hydrogen) atoms. The Balaban J connectivity index is 2.20. The van der Waals surface area contributed by atoms with Gasteiger partial charge in [0, 0.05) is 11.6 Å². The second-order valence-electron chi connectivity index (χ2n) is 6.09. The summed E-state index contributed by atoms with van der Waals surface area (Å²) in [6, 6.07) is 4.51. The fraction of sp³-hybridized carbons (Fsp3) is 0.647. The Hall–Kier alpha value is -1.06. The molecule has 1 aliphatic rings. The lowest BCUT2D eigenvalue weighted by atomic mass is 9.83. The van der Waals surface area contributed by atoms with Crippen LogP contribution >= 0.6 is 0 Å². The summed E-state index contributed by atoms with van der Waals surface area (Å²) in [5.41, 5.74) is 6.68. The second-order valence-corrected chi connectivity index (χ2v) is 6.09. The van der Waals surface area contributed by atoms with Crippen molar-refractivity contribution in [3.8, 4) is 5.75 Å². The molecule has 1 atom stereocenters. The molecule has 1 unspecified atom stereocenters. The van der Waals surface area contributed by atoms with Crippen LogP contribution in [0.15, 0.2) is 12.1 Å². The van der Waals surface area contributed by atoms with Gasteiger partial charge in [0.05, 0.1) is 7.11 Å². The van der Waals surface area contributed by atoms with Gasteiger partial charge in [0.25, 0.3) is 0 Å². The Morgan fingerprint density at radius 3 is 2.55 bits per heavy atom.